The third-order valence-electron chi connectivity index (χ3n) is 4.91. The number of anilines is 1. The minimum absolute atomic E-state index is 0.315. The SMILES string of the molecule is COc1ccc(-c2noc(C3CCCCN3C(=O)Nc3cccc(F)c3)n2)cc1. The van der Waals surface area contributed by atoms with E-state index in [-0.39, 0.29) is 12.1 Å². The van der Waals surface area contributed by atoms with Gasteiger partial charge in [0.25, 0.3) is 0 Å². The van der Waals surface area contributed by atoms with Gasteiger partial charge in [0.1, 0.15) is 17.6 Å². The number of likely N-dealkylation sites (tertiary alicyclic amines) is 1. The molecule has 1 atom stereocenters. The second-order valence-electron chi connectivity index (χ2n) is 6.83. The Bertz CT molecular complexity index is 990. The van der Waals surface area contributed by atoms with Crippen LogP contribution in [0.3, 0.4) is 0 Å². The highest BCUT2D eigenvalue weighted by molar-refractivity contribution is 5.89. The summed E-state index contributed by atoms with van der Waals surface area (Å²) in [4.78, 5) is 19.0. The van der Waals surface area contributed by atoms with Crippen LogP contribution in [0.5, 0.6) is 5.75 Å². The Hall–Kier alpha value is -3.42. The van der Waals surface area contributed by atoms with Crippen LogP contribution in [0.2, 0.25) is 0 Å². The van der Waals surface area contributed by atoms with E-state index in [1.807, 2.05) is 24.3 Å². The number of nitrogens with one attached hydrogen (secondary N) is 1. The van der Waals surface area contributed by atoms with Gasteiger partial charge in [-0.2, -0.15) is 4.98 Å². The molecule has 7 nitrogen and oxygen atoms in total. The molecule has 0 aliphatic carbocycles. The third kappa shape index (κ3) is 4.21. The molecule has 0 spiro atoms. The number of halogens is 1. The molecule has 150 valence electrons. The van der Waals surface area contributed by atoms with Gasteiger partial charge < -0.3 is 19.5 Å². The molecule has 2 heterocycles. The number of ether oxygens (including phenoxy) is 1. The molecule has 1 N–H and O–H groups in total. The smallest absolute Gasteiger partial charge is 0.322 e. The van der Waals surface area contributed by atoms with Gasteiger partial charge in [-0.15, -0.1) is 0 Å². The molecule has 1 unspecified atom stereocenters. The molecule has 3 aromatic rings. The molecule has 1 aromatic heterocycles. The molecule has 0 saturated carbocycles. The largest absolute Gasteiger partial charge is 0.497 e. The number of nitrogens with zero attached hydrogens (tertiary/aromatic N) is 3. The van der Waals surface area contributed by atoms with Crippen LogP contribution in [0.15, 0.2) is 53.1 Å². The van der Waals surface area contributed by atoms with E-state index in [1.54, 1.807) is 24.1 Å². The van der Waals surface area contributed by atoms with Gasteiger partial charge in [0, 0.05) is 17.8 Å². The molecule has 2 amide bonds. The van der Waals surface area contributed by atoms with Crippen molar-refractivity contribution in [1.82, 2.24) is 15.0 Å². The summed E-state index contributed by atoms with van der Waals surface area (Å²) in [5, 5.41) is 6.82. The highest BCUT2D eigenvalue weighted by Gasteiger charge is 2.32. The predicted octanol–water partition coefficient (Wildman–Crippen LogP) is 4.64. The van der Waals surface area contributed by atoms with Crippen LogP contribution in [0.1, 0.15) is 31.2 Å². The number of hydrogen-bond donors (Lipinski definition) is 1. The monoisotopic (exact) mass is 396 g/mol. The maximum absolute atomic E-state index is 13.4. The van der Waals surface area contributed by atoms with Crippen molar-refractivity contribution >= 4 is 11.7 Å². The first-order chi connectivity index (χ1) is 14.1. The number of hydrogen-bond acceptors (Lipinski definition) is 5. The van der Waals surface area contributed by atoms with Crippen molar-refractivity contribution in [1.29, 1.82) is 0 Å². The first kappa shape index (κ1) is 18.9. The molecule has 8 heteroatoms. The average Bonchev–Trinajstić information content (AvgIpc) is 3.24. The van der Waals surface area contributed by atoms with Crippen molar-refractivity contribution in [3.63, 3.8) is 0 Å². The fraction of sp³-hybridized carbons (Fsp3) is 0.286. The standard InChI is InChI=1S/C21H21FN4O3/c1-28-17-10-8-14(9-11-17)19-24-20(29-25-19)18-7-2-3-12-26(18)21(27)23-16-6-4-5-15(22)13-16/h4-6,8-11,13,18H,2-3,7,12H2,1H3,(H,23,27). The molecule has 1 fully saturated rings. The van der Waals surface area contributed by atoms with E-state index >= 15 is 0 Å². The van der Waals surface area contributed by atoms with Crippen LogP contribution < -0.4 is 10.1 Å². The number of rotatable bonds is 4. The van der Waals surface area contributed by atoms with Crippen molar-refractivity contribution in [2.75, 3.05) is 19.0 Å². The van der Waals surface area contributed by atoms with E-state index in [0.29, 0.717) is 23.9 Å². The van der Waals surface area contributed by atoms with Crippen LogP contribution in [0.25, 0.3) is 11.4 Å². The van der Waals surface area contributed by atoms with Crippen molar-refractivity contribution in [3.8, 4) is 17.1 Å². The zero-order valence-electron chi connectivity index (χ0n) is 16.0. The topological polar surface area (TPSA) is 80.5 Å². The Morgan fingerprint density at radius 2 is 2.07 bits per heavy atom. The molecule has 0 bridgehead atoms. The first-order valence-corrected chi connectivity index (χ1v) is 9.45. The van der Waals surface area contributed by atoms with E-state index in [9.17, 15) is 9.18 Å². The normalized spacial score (nSPS) is 16.5. The average molecular weight is 396 g/mol. The minimum atomic E-state index is -0.404. The molecule has 0 radical (unpaired) electrons. The van der Waals surface area contributed by atoms with Gasteiger partial charge in [-0.05, 0) is 61.7 Å². The molecule has 1 aliphatic rings. The van der Waals surface area contributed by atoms with Crippen LogP contribution in [0, 0.1) is 5.82 Å². The van der Waals surface area contributed by atoms with Crippen LogP contribution >= 0.6 is 0 Å². The van der Waals surface area contributed by atoms with Gasteiger partial charge in [0.15, 0.2) is 0 Å². The number of benzene rings is 2. The van der Waals surface area contributed by atoms with Gasteiger partial charge in [0.2, 0.25) is 11.7 Å². The summed E-state index contributed by atoms with van der Waals surface area (Å²) < 4.78 is 24.1. The molecule has 29 heavy (non-hydrogen) atoms. The number of amides is 2. The zero-order valence-corrected chi connectivity index (χ0v) is 16.0. The molecule has 1 saturated heterocycles. The highest BCUT2D eigenvalue weighted by atomic mass is 19.1. The van der Waals surface area contributed by atoms with Crippen LogP contribution in [-0.2, 0) is 0 Å². The van der Waals surface area contributed by atoms with Crippen LogP contribution in [0.4, 0.5) is 14.9 Å². The quantitative estimate of drug-likeness (QED) is 0.695. The summed E-state index contributed by atoms with van der Waals surface area (Å²) in [5.74, 6) is 1.19. The maximum atomic E-state index is 13.4. The van der Waals surface area contributed by atoms with E-state index in [4.69, 9.17) is 9.26 Å². The lowest BCUT2D eigenvalue weighted by Crippen LogP contribution is -2.41. The summed E-state index contributed by atoms with van der Waals surface area (Å²) in [7, 11) is 1.61. The van der Waals surface area contributed by atoms with Crippen LogP contribution in [-0.4, -0.2) is 34.7 Å². The maximum Gasteiger partial charge on any atom is 0.322 e. The van der Waals surface area contributed by atoms with Crippen molar-refractivity contribution < 1.29 is 18.4 Å². The van der Waals surface area contributed by atoms with Gasteiger partial charge in [-0.25, -0.2) is 9.18 Å². The Labute approximate surface area is 167 Å². The molecular formula is C21H21FN4O3. The fourth-order valence-electron chi connectivity index (χ4n) is 3.42. The second kappa shape index (κ2) is 8.30. The zero-order chi connectivity index (χ0) is 20.2. The van der Waals surface area contributed by atoms with E-state index in [0.717, 1.165) is 30.6 Å². The minimum Gasteiger partial charge on any atom is -0.497 e. The molecule has 1 aliphatic heterocycles. The summed E-state index contributed by atoms with van der Waals surface area (Å²) >= 11 is 0. The third-order valence-corrected chi connectivity index (χ3v) is 4.91. The molecule has 2 aromatic carbocycles. The Morgan fingerprint density at radius 1 is 1.24 bits per heavy atom. The summed E-state index contributed by atoms with van der Waals surface area (Å²) in [5.41, 5.74) is 1.20. The lowest BCUT2D eigenvalue weighted by atomic mass is 10.0. The summed E-state index contributed by atoms with van der Waals surface area (Å²) in [6.07, 6.45) is 2.56. The predicted molar refractivity (Wildman–Crippen MR) is 105 cm³/mol. The van der Waals surface area contributed by atoms with Gasteiger partial charge >= 0.3 is 6.03 Å². The lowest BCUT2D eigenvalue weighted by Gasteiger charge is -2.33. The van der Waals surface area contributed by atoms with Crippen molar-refractivity contribution in [3.05, 3.63) is 60.2 Å². The Kier molecular flexibility index (Phi) is 5.41. The highest BCUT2D eigenvalue weighted by Crippen LogP contribution is 2.32. The van der Waals surface area contributed by atoms with Crippen molar-refractivity contribution in [2.24, 2.45) is 0 Å². The van der Waals surface area contributed by atoms with Gasteiger partial charge in [0.05, 0.1) is 7.11 Å². The number of carbonyl (C=O) groups excluding carboxylic acids is 1. The van der Waals surface area contributed by atoms with Gasteiger partial charge in [-0.1, -0.05) is 11.2 Å². The van der Waals surface area contributed by atoms with E-state index in [1.165, 1.54) is 12.1 Å². The first-order valence-electron chi connectivity index (χ1n) is 9.45. The Morgan fingerprint density at radius 3 is 2.83 bits per heavy atom. The summed E-state index contributed by atoms with van der Waals surface area (Å²) in [6.45, 7) is 0.562. The fourth-order valence-corrected chi connectivity index (χ4v) is 3.42. The van der Waals surface area contributed by atoms with Gasteiger partial charge in [-0.3, -0.25) is 0 Å². The van der Waals surface area contributed by atoms with Crippen molar-refractivity contribution in [2.45, 2.75) is 25.3 Å². The number of methoxy groups -OCH3 is 1. The van der Waals surface area contributed by atoms with E-state index < -0.39 is 5.82 Å². The van der Waals surface area contributed by atoms with E-state index in [2.05, 4.69) is 15.5 Å². The lowest BCUT2D eigenvalue weighted by molar-refractivity contribution is 0.142. The molecule has 4 rings (SSSR count). The summed E-state index contributed by atoms with van der Waals surface area (Å²) in [6, 6.07) is 12.5. The number of carbonyl (C=O) groups is 1. The second-order valence-corrected chi connectivity index (χ2v) is 6.83. The number of urea groups is 1. The Balaban J connectivity index is 1.52. The molecular weight excluding hydrogens is 375 g/mol. The number of piperidine rings is 1. The number of aromatic nitrogens is 2.